The minimum absolute atomic E-state index is 0.110. The van der Waals surface area contributed by atoms with Crippen molar-refractivity contribution < 1.29 is 9.53 Å². The van der Waals surface area contributed by atoms with Crippen LogP contribution in [0, 0.1) is 6.92 Å². The van der Waals surface area contributed by atoms with Crippen molar-refractivity contribution >= 4 is 33.1 Å². The molecule has 31 heavy (non-hydrogen) atoms. The number of anilines is 1. The SMILES string of the molecule is Cc1c(C(=O)Nc2ccccc2)sc2ncn(CCCCOc3ccccc3)c(=O)c12. The molecule has 0 saturated heterocycles. The van der Waals surface area contributed by atoms with Crippen molar-refractivity contribution in [3.63, 3.8) is 0 Å². The van der Waals surface area contributed by atoms with E-state index in [1.54, 1.807) is 17.8 Å². The van der Waals surface area contributed by atoms with Crippen LogP contribution in [-0.2, 0) is 6.54 Å². The smallest absolute Gasteiger partial charge is 0.266 e. The number of nitrogens with one attached hydrogen (secondary N) is 1. The monoisotopic (exact) mass is 433 g/mol. The van der Waals surface area contributed by atoms with Crippen molar-refractivity contribution in [1.82, 2.24) is 9.55 Å². The lowest BCUT2D eigenvalue weighted by atomic mass is 10.2. The summed E-state index contributed by atoms with van der Waals surface area (Å²) in [6.45, 7) is 2.95. The largest absolute Gasteiger partial charge is 0.494 e. The highest BCUT2D eigenvalue weighted by Crippen LogP contribution is 2.27. The molecule has 4 rings (SSSR count). The fourth-order valence-electron chi connectivity index (χ4n) is 3.34. The first-order chi connectivity index (χ1) is 15.1. The molecule has 0 bridgehead atoms. The van der Waals surface area contributed by atoms with Gasteiger partial charge in [-0.1, -0.05) is 36.4 Å². The topological polar surface area (TPSA) is 73.2 Å². The molecule has 1 N–H and O–H groups in total. The quantitative estimate of drug-likeness (QED) is 0.402. The number of aromatic nitrogens is 2. The Balaban J connectivity index is 1.43. The Hall–Kier alpha value is -3.45. The number of aryl methyl sites for hydroxylation is 2. The lowest BCUT2D eigenvalue weighted by molar-refractivity contribution is 0.103. The molecule has 7 heteroatoms. The maximum absolute atomic E-state index is 13.0. The van der Waals surface area contributed by atoms with Gasteiger partial charge in [0.2, 0.25) is 0 Å². The Labute approximate surface area is 184 Å². The number of carbonyl (C=O) groups is 1. The van der Waals surface area contributed by atoms with E-state index in [1.165, 1.54) is 11.3 Å². The fraction of sp³-hybridized carbons (Fsp3) is 0.208. The highest BCUT2D eigenvalue weighted by Gasteiger charge is 2.19. The van der Waals surface area contributed by atoms with Gasteiger partial charge in [-0.15, -0.1) is 11.3 Å². The first-order valence-corrected chi connectivity index (χ1v) is 11.0. The van der Waals surface area contributed by atoms with Crippen LogP contribution in [0.3, 0.4) is 0 Å². The molecular formula is C24H23N3O3S. The zero-order chi connectivity index (χ0) is 21.6. The van der Waals surface area contributed by atoms with Crippen LogP contribution in [0.25, 0.3) is 10.2 Å². The molecule has 0 fully saturated rings. The van der Waals surface area contributed by atoms with Gasteiger partial charge in [-0.05, 0) is 49.6 Å². The maximum atomic E-state index is 13.0. The summed E-state index contributed by atoms with van der Waals surface area (Å²) in [6, 6.07) is 18.9. The lowest BCUT2D eigenvalue weighted by Crippen LogP contribution is -2.21. The van der Waals surface area contributed by atoms with Crippen molar-refractivity contribution in [2.75, 3.05) is 11.9 Å². The minimum atomic E-state index is -0.226. The number of benzene rings is 2. The molecule has 158 valence electrons. The molecule has 0 atom stereocenters. The normalized spacial score (nSPS) is 10.9. The summed E-state index contributed by atoms with van der Waals surface area (Å²) in [6.07, 6.45) is 3.19. The van der Waals surface area contributed by atoms with Crippen molar-refractivity contribution in [1.29, 1.82) is 0 Å². The molecule has 6 nitrogen and oxygen atoms in total. The van der Waals surface area contributed by atoms with Gasteiger partial charge in [-0.2, -0.15) is 0 Å². The number of hydrogen-bond donors (Lipinski definition) is 1. The van der Waals surface area contributed by atoms with Gasteiger partial charge < -0.3 is 10.1 Å². The summed E-state index contributed by atoms with van der Waals surface area (Å²) in [5.74, 6) is 0.619. The van der Waals surface area contributed by atoms with Gasteiger partial charge in [0.25, 0.3) is 11.5 Å². The Kier molecular flexibility index (Phi) is 6.43. The summed E-state index contributed by atoms with van der Waals surface area (Å²) < 4.78 is 7.31. The van der Waals surface area contributed by atoms with Crippen LogP contribution < -0.4 is 15.6 Å². The third-order valence-corrected chi connectivity index (χ3v) is 6.16. The van der Waals surface area contributed by atoms with Crippen molar-refractivity contribution in [2.45, 2.75) is 26.3 Å². The molecule has 0 saturated carbocycles. The standard InChI is InChI=1S/C24H23N3O3S/c1-17-20-23(31-21(17)22(28)26-18-10-4-2-5-11-18)25-16-27(24(20)29)14-8-9-15-30-19-12-6-3-7-13-19/h2-7,10-13,16H,8-9,14-15H2,1H3,(H,26,28). The molecule has 0 radical (unpaired) electrons. The van der Waals surface area contributed by atoms with E-state index >= 15 is 0 Å². The van der Waals surface area contributed by atoms with Crippen molar-refractivity contribution in [2.24, 2.45) is 0 Å². The van der Waals surface area contributed by atoms with E-state index in [9.17, 15) is 9.59 Å². The third-order valence-electron chi connectivity index (χ3n) is 4.96. The number of carbonyl (C=O) groups excluding carboxylic acids is 1. The lowest BCUT2D eigenvalue weighted by Gasteiger charge is -2.07. The average Bonchev–Trinajstić information content (AvgIpc) is 3.13. The number of amides is 1. The molecule has 0 spiro atoms. The Morgan fingerprint density at radius 1 is 1.06 bits per heavy atom. The molecular weight excluding hydrogens is 410 g/mol. The molecule has 0 unspecified atom stereocenters. The summed E-state index contributed by atoms with van der Waals surface area (Å²) in [5.41, 5.74) is 1.28. The first-order valence-electron chi connectivity index (χ1n) is 10.2. The van der Waals surface area contributed by atoms with Gasteiger partial charge in [-0.25, -0.2) is 4.98 Å². The van der Waals surface area contributed by atoms with E-state index in [1.807, 2.05) is 60.7 Å². The van der Waals surface area contributed by atoms with Crippen LogP contribution in [-0.4, -0.2) is 22.1 Å². The van der Waals surface area contributed by atoms with Gasteiger partial charge in [0, 0.05) is 12.2 Å². The summed E-state index contributed by atoms with van der Waals surface area (Å²) in [4.78, 5) is 31.2. The second kappa shape index (κ2) is 9.57. The van der Waals surface area contributed by atoms with Crippen LogP contribution in [0.1, 0.15) is 28.1 Å². The highest BCUT2D eigenvalue weighted by molar-refractivity contribution is 7.20. The van der Waals surface area contributed by atoms with Crippen LogP contribution in [0.5, 0.6) is 5.75 Å². The highest BCUT2D eigenvalue weighted by atomic mass is 32.1. The van der Waals surface area contributed by atoms with E-state index in [2.05, 4.69) is 10.3 Å². The third kappa shape index (κ3) is 4.83. The zero-order valence-corrected chi connectivity index (χ0v) is 18.0. The van der Waals surface area contributed by atoms with Crippen LogP contribution in [0.4, 0.5) is 5.69 Å². The number of unbranched alkanes of at least 4 members (excludes halogenated alkanes) is 1. The van der Waals surface area contributed by atoms with Gasteiger partial charge in [-0.3, -0.25) is 14.2 Å². The summed E-state index contributed by atoms with van der Waals surface area (Å²) in [5, 5.41) is 3.40. The van der Waals surface area contributed by atoms with E-state index < -0.39 is 0 Å². The van der Waals surface area contributed by atoms with Gasteiger partial charge in [0.05, 0.1) is 23.2 Å². The van der Waals surface area contributed by atoms with Crippen LogP contribution >= 0.6 is 11.3 Å². The maximum Gasteiger partial charge on any atom is 0.266 e. The van der Waals surface area contributed by atoms with E-state index in [-0.39, 0.29) is 11.5 Å². The number of fused-ring (bicyclic) bond motifs is 1. The van der Waals surface area contributed by atoms with Crippen LogP contribution in [0.15, 0.2) is 71.8 Å². The predicted octanol–water partition coefficient (Wildman–Crippen LogP) is 4.88. The van der Waals surface area contributed by atoms with Gasteiger partial charge in [0.15, 0.2) is 0 Å². The zero-order valence-electron chi connectivity index (χ0n) is 17.2. The molecule has 2 aromatic carbocycles. The second-order valence-corrected chi connectivity index (χ2v) is 8.17. The Morgan fingerprint density at radius 2 is 1.77 bits per heavy atom. The van der Waals surface area contributed by atoms with Crippen molar-refractivity contribution in [3.8, 4) is 5.75 Å². The number of ether oxygens (including phenoxy) is 1. The number of rotatable bonds is 8. The summed E-state index contributed by atoms with van der Waals surface area (Å²) in [7, 11) is 0. The second-order valence-electron chi connectivity index (χ2n) is 7.17. The molecule has 2 aromatic heterocycles. The van der Waals surface area contributed by atoms with E-state index in [0.29, 0.717) is 39.5 Å². The number of nitrogens with zero attached hydrogens (tertiary/aromatic N) is 2. The molecule has 0 aliphatic carbocycles. The minimum Gasteiger partial charge on any atom is -0.494 e. The fourth-order valence-corrected chi connectivity index (χ4v) is 4.37. The number of hydrogen-bond acceptors (Lipinski definition) is 5. The predicted molar refractivity (Wildman–Crippen MR) is 124 cm³/mol. The van der Waals surface area contributed by atoms with Gasteiger partial charge in [0.1, 0.15) is 10.6 Å². The molecule has 1 amide bonds. The summed E-state index contributed by atoms with van der Waals surface area (Å²) >= 11 is 1.25. The van der Waals surface area contributed by atoms with Crippen LogP contribution in [0.2, 0.25) is 0 Å². The average molecular weight is 434 g/mol. The van der Waals surface area contributed by atoms with E-state index in [4.69, 9.17) is 4.74 Å². The first kappa shape index (κ1) is 20.8. The molecule has 0 aliphatic rings. The molecule has 0 aliphatic heterocycles. The van der Waals surface area contributed by atoms with E-state index in [0.717, 1.165) is 18.6 Å². The molecule has 2 heterocycles. The Morgan fingerprint density at radius 3 is 2.52 bits per heavy atom. The number of thiophene rings is 1. The molecule has 4 aromatic rings. The number of para-hydroxylation sites is 2. The van der Waals surface area contributed by atoms with Crippen molar-refractivity contribution in [3.05, 3.63) is 87.8 Å². The van der Waals surface area contributed by atoms with Gasteiger partial charge >= 0.3 is 0 Å². The Bertz CT molecular complexity index is 1230.